The van der Waals surface area contributed by atoms with Gasteiger partial charge in [-0.2, -0.15) is 10.5 Å². The fourth-order valence-corrected chi connectivity index (χ4v) is 5.11. The highest BCUT2D eigenvalue weighted by atomic mass is 16.3. The highest BCUT2D eigenvalue weighted by Gasteiger charge is 2.70. The first-order valence-electron chi connectivity index (χ1n) is 10.9. The molecule has 33 heavy (non-hydrogen) atoms. The van der Waals surface area contributed by atoms with Gasteiger partial charge in [0.2, 0.25) is 0 Å². The van der Waals surface area contributed by atoms with Crippen molar-refractivity contribution in [2.75, 3.05) is 9.80 Å². The summed E-state index contributed by atoms with van der Waals surface area (Å²) < 4.78 is 0. The summed E-state index contributed by atoms with van der Waals surface area (Å²) in [6.45, 7) is 1.99. The van der Waals surface area contributed by atoms with Gasteiger partial charge in [0.1, 0.15) is 5.54 Å². The van der Waals surface area contributed by atoms with Crippen LogP contribution in [0.4, 0.5) is 16.2 Å². The summed E-state index contributed by atoms with van der Waals surface area (Å²) in [4.78, 5) is 17.2. The maximum Gasteiger partial charge on any atom is 0.332 e. The second-order valence-electron chi connectivity index (χ2n) is 8.70. The number of aliphatic hydroxyl groups is 1. The molecule has 1 unspecified atom stereocenters. The van der Waals surface area contributed by atoms with Crippen LogP contribution in [0.15, 0.2) is 72.8 Å². The van der Waals surface area contributed by atoms with Gasteiger partial charge in [0.25, 0.3) is 0 Å². The molecule has 6 heteroatoms. The third-order valence-corrected chi connectivity index (χ3v) is 6.90. The lowest BCUT2D eigenvalue weighted by atomic mass is 9.66. The van der Waals surface area contributed by atoms with Crippen molar-refractivity contribution in [3.8, 4) is 12.1 Å². The van der Waals surface area contributed by atoms with E-state index in [2.05, 4.69) is 12.1 Å². The van der Waals surface area contributed by atoms with E-state index < -0.39 is 11.3 Å². The standard InChI is InChI=1S/C27H22N4O2/c1-19-6-10-23(11-7-19)30-25(32)31(24-12-8-20(17-28)9-13-24)27(33,26(30)14-3-15-26)22-5-2-4-21(16-22)18-29/h2,4-13,16,33H,3,14-15H2,1H3. The molecule has 0 aromatic heterocycles. The van der Waals surface area contributed by atoms with Crippen LogP contribution in [-0.4, -0.2) is 16.7 Å². The van der Waals surface area contributed by atoms with Gasteiger partial charge in [-0.05, 0) is 74.7 Å². The Bertz CT molecular complexity index is 1310. The SMILES string of the molecule is Cc1ccc(N2C(=O)N(c3ccc(C#N)cc3)C(O)(c3cccc(C#N)c3)C23CCC3)cc1. The number of anilines is 2. The first kappa shape index (κ1) is 20.8. The maximum atomic E-state index is 14.1. The lowest BCUT2D eigenvalue weighted by Crippen LogP contribution is -2.63. The minimum Gasteiger partial charge on any atom is -0.364 e. The van der Waals surface area contributed by atoms with Crippen LogP contribution in [0, 0.1) is 29.6 Å². The molecule has 1 heterocycles. The molecular weight excluding hydrogens is 412 g/mol. The average Bonchev–Trinajstić information content (AvgIpc) is 3.04. The first-order chi connectivity index (χ1) is 15.9. The number of nitriles is 2. The van der Waals surface area contributed by atoms with Crippen molar-refractivity contribution in [3.05, 3.63) is 95.1 Å². The van der Waals surface area contributed by atoms with Gasteiger partial charge in [-0.3, -0.25) is 9.80 Å². The van der Waals surface area contributed by atoms with Gasteiger partial charge in [-0.25, -0.2) is 4.79 Å². The lowest BCUT2D eigenvalue weighted by molar-refractivity contribution is -0.0524. The van der Waals surface area contributed by atoms with E-state index in [-0.39, 0.29) is 6.03 Å². The number of carbonyl (C=O) groups is 1. The van der Waals surface area contributed by atoms with Crippen molar-refractivity contribution in [2.24, 2.45) is 0 Å². The zero-order valence-electron chi connectivity index (χ0n) is 18.2. The van der Waals surface area contributed by atoms with E-state index in [0.29, 0.717) is 35.2 Å². The number of nitrogens with zero attached hydrogens (tertiary/aromatic N) is 4. The average molecular weight is 434 g/mol. The molecular formula is C27H22N4O2. The normalized spacial score (nSPS) is 20.9. The molecule has 2 fully saturated rings. The minimum absolute atomic E-state index is 0.340. The van der Waals surface area contributed by atoms with E-state index in [4.69, 9.17) is 0 Å². The molecule has 1 spiro atoms. The van der Waals surface area contributed by atoms with Crippen molar-refractivity contribution in [1.82, 2.24) is 0 Å². The third-order valence-electron chi connectivity index (χ3n) is 6.90. The fourth-order valence-electron chi connectivity index (χ4n) is 5.11. The van der Waals surface area contributed by atoms with Gasteiger partial charge < -0.3 is 5.11 Å². The fraction of sp³-hybridized carbons (Fsp3) is 0.222. The molecule has 1 N–H and O–H groups in total. The Balaban J connectivity index is 1.76. The Morgan fingerprint density at radius 1 is 0.848 bits per heavy atom. The van der Waals surface area contributed by atoms with Crippen molar-refractivity contribution in [2.45, 2.75) is 37.5 Å². The largest absolute Gasteiger partial charge is 0.364 e. The van der Waals surface area contributed by atoms with E-state index in [1.807, 2.05) is 31.2 Å². The van der Waals surface area contributed by atoms with E-state index in [1.165, 1.54) is 4.90 Å². The number of hydrogen-bond acceptors (Lipinski definition) is 4. The van der Waals surface area contributed by atoms with Crippen LogP contribution >= 0.6 is 0 Å². The summed E-state index contributed by atoms with van der Waals surface area (Å²) >= 11 is 0. The number of benzene rings is 3. The van der Waals surface area contributed by atoms with Gasteiger partial charge in [-0.1, -0.05) is 29.8 Å². The number of aryl methyl sites for hydroxylation is 1. The van der Waals surface area contributed by atoms with Crippen molar-refractivity contribution in [1.29, 1.82) is 10.5 Å². The van der Waals surface area contributed by atoms with Crippen LogP contribution in [0.5, 0.6) is 0 Å². The Hall–Kier alpha value is -4.13. The monoisotopic (exact) mass is 434 g/mol. The smallest absolute Gasteiger partial charge is 0.332 e. The molecule has 1 aliphatic heterocycles. The van der Waals surface area contributed by atoms with Crippen molar-refractivity contribution < 1.29 is 9.90 Å². The topological polar surface area (TPSA) is 91.4 Å². The number of urea groups is 1. The van der Waals surface area contributed by atoms with Crippen LogP contribution in [0.25, 0.3) is 0 Å². The number of rotatable bonds is 3. The van der Waals surface area contributed by atoms with Gasteiger partial charge in [0.15, 0.2) is 5.72 Å². The minimum atomic E-state index is -1.70. The van der Waals surface area contributed by atoms with E-state index in [0.717, 1.165) is 17.7 Å². The Morgan fingerprint density at radius 3 is 2.03 bits per heavy atom. The number of amides is 2. The first-order valence-corrected chi connectivity index (χ1v) is 10.9. The quantitative estimate of drug-likeness (QED) is 0.631. The zero-order chi connectivity index (χ0) is 23.2. The molecule has 1 atom stereocenters. The number of hydrogen-bond donors (Lipinski definition) is 1. The summed E-state index contributed by atoms with van der Waals surface area (Å²) in [5.74, 6) is 0. The highest BCUT2D eigenvalue weighted by Crippen LogP contribution is 2.59. The summed E-state index contributed by atoms with van der Waals surface area (Å²) in [6.07, 6.45) is 2.11. The van der Waals surface area contributed by atoms with Crippen LogP contribution in [0.3, 0.4) is 0 Å². The lowest BCUT2D eigenvalue weighted by Gasteiger charge is -2.52. The Morgan fingerprint density at radius 2 is 1.45 bits per heavy atom. The second-order valence-corrected chi connectivity index (χ2v) is 8.70. The molecule has 162 valence electrons. The molecule has 1 saturated heterocycles. The Labute approximate surface area is 192 Å². The summed E-state index contributed by atoms with van der Waals surface area (Å²) in [5.41, 5.74) is 1.07. The van der Waals surface area contributed by atoms with Crippen molar-refractivity contribution >= 4 is 17.4 Å². The second kappa shape index (κ2) is 7.48. The van der Waals surface area contributed by atoms with Crippen molar-refractivity contribution in [3.63, 3.8) is 0 Å². The molecule has 6 nitrogen and oxygen atoms in total. The molecule has 3 aromatic rings. The summed E-state index contributed by atoms with van der Waals surface area (Å²) in [5, 5.41) is 31.2. The molecule has 3 aromatic carbocycles. The van der Waals surface area contributed by atoms with Crippen LogP contribution in [0.2, 0.25) is 0 Å². The summed E-state index contributed by atoms with van der Waals surface area (Å²) in [6, 6.07) is 25.1. The van der Waals surface area contributed by atoms with Gasteiger partial charge in [-0.15, -0.1) is 0 Å². The predicted octanol–water partition coefficient (Wildman–Crippen LogP) is 4.95. The predicted molar refractivity (Wildman–Crippen MR) is 124 cm³/mol. The molecule has 5 rings (SSSR count). The van der Waals surface area contributed by atoms with E-state index in [9.17, 15) is 20.4 Å². The molecule has 1 saturated carbocycles. The molecule has 0 bridgehead atoms. The van der Waals surface area contributed by atoms with Crippen LogP contribution in [-0.2, 0) is 5.72 Å². The Kier molecular flexibility index (Phi) is 4.70. The zero-order valence-corrected chi connectivity index (χ0v) is 18.2. The molecule has 0 radical (unpaired) electrons. The molecule has 2 amide bonds. The van der Waals surface area contributed by atoms with Gasteiger partial charge >= 0.3 is 6.03 Å². The van der Waals surface area contributed by atoms with Crippen LogP contribution in [0.1, 0.15) is 41.5 Å². The van der Waals surface area contributed by atoms with E-state index in [1.54, 1.807) is 53.4 Å². The summed E-state index contributed by atoms with van der Waals surface area (Å²) in [7, 11) is 0. The molecule has 1 aliphatic carbocycles. The van der Waals surface area contributed by atoms with E-state index >= 15 is 0 Å². The highest BCUT2D eigenvalue weighted by molar-refractivity contribution is 6.09. The van der Waals surface area contributed by atoms with Gasteiger partial charge in [0, 0.05) is 16.9 Å². The maximum absolute atomic E-state index is 14.1. The number of carbonyl (C=O) groups excluding carboxylic acids is 1. The third kappa shape index (κ3) is 2.85. The molecule has 2 aliphatic rings. The van der Waals surface area contributed by atoms with Crippen LogP contribution < -0.4 is 9.80 Å². The van der Waals surface area contributed by atoms with Gasteiger partial charge in [0.05, 0.1) is 23.3 Å².